The maximum absolute atomic E-state index is 11.2. The van der Waals surface area contributed by atoms with E-state index in [2.05, 4.69) is 27.7 Å². The van der Waals surface area contributed by atoms with Crippen molar-refractivity contribution in [2.45, 2.75) is 136 Å². The first kappa shape index (κ1) is 23.7. The lowest BCUT2D eigenvalue weighted by molar-refractivity contribution is -0.154. The second-order valence-corrected chi connectivity index (χ2v) is 14.0. The molecule has 0 radical (unpaired) electrons. The van der Waals surface area contributed by atoms with Crippen molar-refractivity contribution in [2.24, 2.45) is 52.3 Å². The first-order valence-corrected chi connectivity index (χ1v) is 14.6. The van der Waals surface area contributed by atoms with Crippen molar-refractivity contribution in [3.8, 4) is 0 Å². The van der Waals surface area contributed by atoms with E-state index in [1.807, 2.05) is 0 Å². The predicted octanol–water partition coefficient (Wildman–Crippen LogP) is 7.36. The van der Waals surface area contributed by atoms with E-state index >= 15 is 0 Å². The molecule has 10 atom stereocenters. The second kappa shape index (κ2) is 8.54. The van der Waals surface area contributed by atoms with Gasteiger partial charge in [-0.05, 0) is 123 Å². The molecule has 5 rings (SSSR count). The first-order valence-electron chi connectivity index (χ1n) is 14.6. The van der Waals surface area contributed by atoms with Crippen LogP contribution in [-0.2, 0) is 0 Å². The summed E-state index contributed by atoms with van der Waals surface area (Å²) in [6.07, 6.45) is 19.0. The molecule has 5 fully saturated rings. The maximum Gasteiger partial charge on any atom is 0.0648 e. The Morgan fingerprint density at radius 1 is 0.844 bits per heavy atom. The summed E-state index contributed by atoms with van der Waals surface area (Å²) in [5, 5.41) is 22.3. The van der Waals surface area contributed by atoms with Crippen molar-refractivity contribution in [1.29, 1.82) is 0 Å². The van der Waals surface area contributed by atoms with Crippen LogP contribution in [0.25, 0.3) is 0 Å². The molecule has 0 spiro atoms. The highest BCUT2D eigenvalue weighted by Gasteiger charge is 2.61. The van der Waals surface area contributed by atoms with Crippen molar-refractivity contribution in [3.63, 3.8) is 0 Å². The first-order chi connectivity index (χ1) is 15.2. The Hall–Kier alpha value is -0.0800. The lowest BCUT2D eigenvalue weighted by Gasteiger charge is -2.62. The van der Waals surface area contributed by atoms with E-state index in [1.165, 1.54) is 70.6 Å². The molecule has 0 aromatic rings. The lowest BCUT2D eigenvalue weighted by Crippen LogP contribution is -2.56. The van der Waals surface area contributed by atoms with Gasteiger partial charge >= 0.3 is 0 Å². The molecule has 2 N–H and O–H groups in total. The van der Waals surface area contributed by atoms with Gasteiger partial charge in [0.1, 0.15) is 0 Å². The van der Waals surface area contributed by atoms with Crippen LogP contribution in [0, 0.1) is 52.3 Å². The Balaban J connectivity index is 1.29. The van der Waals surface area contributed by atoms with E-state index < -0.39 is 0 Å². The Morgan fingerprint density at radius 3 is 2.28 bits per heavy atom. The molecule has 0 amide bonds. The monoisotopic (exact) mass is 444 g/mol. The fourth-order valence-corrected chi connectivity index (χ4v) is 10.6. The van der Waals surface area contributed by atoms with Crippen molar-refractivity contribution >= 4 is 0 Å². The molecule has 2 nitrogen and oxygen atoms in total. The van der Waals surface area contributed by atoms with Crippen molar-refractivity contribution in [3.05, 3.63) is 0 Å². The molecule has 32 heavy (non-hydrogen) atoms. The zero-order valence-electron chi connectivity index (χ0n) is 21.6. The molecule has 0 saturated heterocycles. The van der Waals surface area contributed by atoms with E-state index in [9.17, 15) is 10.2 Å². The highest BCUT2D eigenvalue weighted by molar-refractivity contribution is 5.11. The normalized spacial score (nSPS) is 51.0. The maximum atomic E-state index is 11.2. The third kappa shape index (κ3) is 3.73. The number of fused-ring (bicyclic) bond motifs is 5. The number of hydrogen-bond donors (Lipinski definition) is 2. The zero-order valence-corrected chi connectivity index (χ0v) is 21.6. The minimum atomic E-state index is -0.385. The summed E-state index contributed by atoms with van der Waals surface area (Å²) in [5.74, 6) is 5.34. The largest absolute Gasteiger partial charge is 0.393 e. The van der Waals surface area contributed by atoms with Crippen LogP contribution in [0.1, 0.15) is 124 Å². The van der Waals surface area contributed by atoms with Crippen LogP contribution >= 0.6 is 0 Å². The molecule has 0 aliphatic heterocycles. The quantitative estimate of drug-likeness (QED) is 0.465. The van der Waals surface area contributed by atoms with Crippen LogP contribution in [0.5, 0.6) is 0 Å². The Bertz CT molecular complexity index is 670. The van der Waals surface area contributed by atoms with Crippen LogP contribution in [0.2, 0.25) is 0 Å². The fraction of sp³-hybridized carbons (Fsp3) is 1.00. The number of aliphatic hydroxyl groups excluding tert-OH is 1. The Kier molecular flexibility index (Phi) is 6.31. The molecule has 0 aromatic heterocycles. The summed E-state index contributed by atoms with van der Waals surface area (Å²) >= 11 is 0. The van der Waals surface area contributed by atoms with Crippen molar-refractivity contribution in [1.82, 2.24) is 0 Å². The highest BCUT2D eigenvalue weighted by Crippen LogP contribution is 2.69. The topological polar surface area (TPSA) is 40.5 Å². The van der Waals surface area contributed by atoms with Gasteiger partial charge in [-0.2, -0.15) is 0 Å². The average molecular weight is 445 g/mol. The average Bonchev–Trinajstić information content (AvgIpc) is 3.41. The van der Waals surface area contributed by atoms with Crippen molar-refractivity contribution in [2.75, 3.05) is 0 Å². The molecule has 2 heteroatoms. The van der Waals surface area contributed by atoms with Gasteiger partial charge in [0.05, 0.1) is 11.7 Å². The summed E-state index contributed by atoms with van der Waals surface area (Å²) in [4.78, 5) is 0. The molecule has 184 valence electrons. The Morgan fingerprint density at radius 2 is 1.56 bits per heavy atom. The fourth-order valence-electron chi connectivity index (χ4n) is 10.6. The van der Waals surface area contributed by atoms with Crippen molar-refractivity contribution < 1.29 is 10.2 Å². The standard InChI is InChI=1S/C30H52O2/c1-5-30(32)17-16-28(3)22(19-30)10-11-23-25-13-12-24(29(25,4)15-14-26(23)28)20(2)27(31)18-21-8-6-7-9-21/h20-27,31-32H,5-19H2,1-4H3/t20-,22?,23?,24?,25-,26-,27+,28-,29+,30-/m0/s1. The molecule has 0 heterocycles. The van der Waals surface area contributed by atoms with E-state index in [1.54, 1.807) is 0 Å². The van der Waals surface area contributed by atoms with Crippen LogP contribution in [-0.4, -0.2) is 21.9 Å². The van der Waals surface area contributed by atoms with Gasteiger partial charge in [-0.15, -0.1) is 0 Å². The minimum absolute atomic E-state index is 0.0882. The summed E-state index contributed by atoms with van der Waals surface area (Å²) in [6, 6.07) is 0. The number of hydrogen-bond acceptors (Lipinski definition) is 2. The summed E-state index contributed by atoms with van der Waals surface area (Å²) in [7, 11) is 0. The van der Waals surface area contributed by atoms with E-state index in [0.29, 0.717) is 22.7 Å². The van der Waals surface area contributed by atoms with Crippen LogP contribution < -0.4 is 0 Å². The summed E-state index contributed by atoms with van der Waals surface area (Å²) in [6.45, 7) is 9.83. The Labute approximate surface area is 198 Å². The zero-order chi connectivity index (χ0) is 22.7. The number of aliphatic hydroxyl groups is 2. The molecular formula is C30H52O2. The molecule has 0 bridgehead atoms. The lowest BCUT2D eigenvalue weighted by atomic mass is 9.43. The van der Waals surface area contributed by atoms with Crippen LogP contribution in [0.3, 0.4) is 0 Å². The van der Waals surface area contributed by atoms with E-state index in [-0.39, 0.29) is 11.7 Å². The molecule has 5 saturated carbocycles. The van der Waals surface area contributed by atoms with Gasteiger partial charge in [-0.3, -0.25) is 0 Å². The third-order valence-electron chi connectivity index (χ3n) is 12.8. The summed E-state index contributed by atoms with van der Waals surface area (Å²) < 4.78 is 0. The molecular weight excluding hydrogens is 392 g/mol. The number of rotatable bonds is 5. The molecule has 3 unspecified atom stereocenters. The van der Waals surface area contributed by atoms with Gasteiger partial charge in [0.25, 0.3) is 0 Å². The summed E-state index contributed by atoms with van der Waals surface area (Å²) in [5.41, 5.74) is 0.514. The molecule has 5 aliphatic rings. The van der Waals surface area contributed by atoms with Gasteiger partial charge in [0.2, 0.25) is 0 Å². The minimum Gasteiger partial charge on any atom is -0.393 e. The second-order valence-electron chi connectivity index (χ2n) is 14.0. The van der Waals surface area contributed by atoms with Gasteiger partial charge in [-0.25, -0.2) is 0 Å². The van der Waals surface area contributed by atoms with Crippen LogP contribution in [0.4, 0.5) is 0 Å². The van der Waals surface area contributed by atoms with E-state index in [4.69, 9.17) is 0 Å². The van der Waals surface area contributed by atoms with Crippen LogP contribution in [0.15, 0.2) is 0 Å². The van der Waals surface area contributed by atoms with Gasteiger partial charge in [-0.1, -0.05) is 53.4 Å². The van der Waals surface area contributed by atoms with E-state index in [0.717, 1.165) is 55.3 Å². The molecule has 5 aliphatic carbocycles. The highest BCUT2D eigenvalue weighted by atomic mass is 16.3. The molecule has 0 aromatic carbocycles. The third-order valence-corrected chi connectivity index (χ3v) is 12.8. The van der Waals surface area contributed by atoms with Gasteiger partial charge in [0, 0.05) is 0 Å². The van der Waals surface area contributed by atoms with Gasteiger partial charge in [0.15, 0.2) is 0 Å². The van der Waals surface area contributed by atoms with Gasteiger partial charge < -0.3 is 10.2 Å². The SMILES string of the molecule is CC[C@]1(O)CC[C@@]2(C)C(CCC3[C@@H]2CC[C@]2(C)C([C@H](C)[C@H](O)CC4CCCC4)CC[C@@H]32)C1. The predicted molar refractivity (Wildman–Crippen MR) is 132 cm³/mol. The smallest absolute Gasteiger partial charge is 0.0648 e.